The van der Waals surface area contributed by atoms with Crippen molar-refractivity contribution in [3.8, 4) is 17.0 Å². The van der Waals surface area contributed by atoms with E-state index in [9.17, 15) is 4.79 Å². The molecule has 1 amide bonds. The Hall–Kier alpha value is -2.67. The summed E-state index contributed by atoms with van der Waals surface area (Å²) in [5.41, 5.74) is 2.05. The number of thiazole rings is 1. The highest BCUT2D eigenvalue weighted by Gasteiger charge is 2.24. The van der Waals surface area contributed by atoms with Gasteiger partial charge in [-0.25, -0.2) is 4.98 Å². The predicted octanol–water partition coefficient (Wildman–Crippen LogP) is 3.38. The van der Waals surface area contributed by atoms with E-state index < -0.39 is 0 Å². The van der Waals surface area contributed by atoms with Gasteiger partial charge in [0, 0.05) is 24.2 Å². The molecule has 0 aliphatic heterocycles. The first-order valence-electron chi connectivity index (χ1n) is 7.46. The molecule has 1 aromatic carbocycles. The first-order chi connectivity index (χ1) is 11.6. The molecule has 0 fully saturated rings. The Bertz CT molecular complexity index is 829. The van der Waals surface area contributed by atoms with Gasteiger partial charge in [-0.3, -0.25) is 9.89 Å². The van der Waals surface area contributed by atoms with Crippen molar-refractivity contribution in [2.45, 2.75) is 13.0 Å². The van der Waals surface area contributed by atoms with Crippen LogP contribution in [0.2, 0.25) is 0 Å². The maximum Gasteiger partial charge on any atom is 0.258 e. The zero-order valence-electron chi connectivity index (χ0n) is 13.7. The van der Waals surface area contributed by atoms with Crippen LogP contribution in [0.5, 0.6) is 5.75 Å². The summed E-state index contributed by atoms with van der Waals surface area (Å²) in [4.78, 5) is 18.9. The molecule has 0 bridgehead atoms. The minimum Gasteiger partial charge on any atom is -0.497 e. The normalized spacial score (nSPS) is 12.0. The maximum absolute atomic E-state index is 12.9. The number of hydrogen-bond donors (Lipinski definition) is 1. The zero-order valence-corrected chi connectivity index (χ0v) is 14.5. The number of amides is 1. The van der Waals surface area contributed by atoms with Gasteiger partial charge < -0.3 is 9.64 Å². The van der Waals surface area contributed by atoms with Crippen LogP contribution in [-0.4, -0.2) is 40.1 Å². The smallest absolute Gasteiger partial charge is 0.258 e. The Morgan fingerprint density at radius 3 is 2.96 bits per heavy atom. The highest BCUT2D eigenvalue weighted by molar-refractivity contribution is 7.09. The van der Waals surface area contributed by atoms with Crippen LogP contribution in [0.3, 0.4) is 0 Å². The van der Waals surface area contributed by atoms with Gasteiger partial charge in [0.05, 0.1) is 30.6 Å². The lowest BCUT2D eigenvalue weighted by atomic mass is 10.1. The molecule has 0 radical (unpaired) electrons. The van der Waals surface area contributed by atoms with Gasteiger partial charge in [-0.15, -0.1) is 11.3 Å². The van der Waals surface area contributed by atoms with Crippen LogP contribution in [0.1, 0.15) is 28.3 Å². The highest BCUT2D eigenvalue weighted by atomic mass is 32.1. The number of rotatable bonds is 5. The van der Waals surface area contributed by atoms with Crippen molar-refractivity contribution in [3.05, 3.63) is 52.6 Å². The highest BCUT2D eigenvalue weighted by Crippen LogP contribution is 2.28. The van der Waals surface area contributed by atoms with Crippen molar-refractivity contribution in [1.82, 2.24) is 20.1 Å². The number of aromatic nitrogens is 3. The first-order valence-corrected chi connectivity index (χ1v) is 8.34. The van der Waals surface area contributed by atoms with Gasteiger partial charge >= 0.3 is 0 Å². The fourth-order valence-corrected chi connectivity index (χ4v) is 3.16. The summed E-state index contributed by atoms with van der Waals surface area (Å²) in [6.07, 6.45) is 3.30. The molecule has 6 nitrogen and oxygen atoms in total. The maximum atomic E-state index is 12.9. The van der Waals surface area contributed by atoms with E-state index in [4.69, 9.17) is 4.74 Å². The van der Waals surface area contributed by atoms with Crippen molar-refractivity contribution in [1.29, 1.82) is 0 Å². The lowest BCUT2D eigenvalue weighted by Crippen LogP contribution is -2.29. The van der Waals surface area contributed by atoms with E-state index in [-0.39, 0.29) is 11.9 Å². The van der Waals surface area contributed by atoms with Crippen LogP contribution >= 0.6 is 11.3 Å². The Morgan fingerprint density at radius 1 is 1.42 bits per heavy atom. The number of nitrogens with zero attached hydrogens (tertiary/aromatic N) is 3. The molecule has 0 unspecified atom stereocenters. The number of ether oxygens (including phenoxy) is 1. The summed E-state index contributed by atoms with van der Waals surface area (Å²) < 4.78 is 5.25. The second-order valence-corrected chi connectivity index (χ2v) is 6.28. The average Bonchev–Trinajstić information content (AvgIpc) is 3.31. The van der Waals surface area contributed by atoms with Crippen molar-refractivity contribution < 1.29 is 9.53 Å². The topological polar surface area (TPSA) is 71.1 Å². The van der Waals surface area contributed by atoms with Crippen LogP contribution in [0, 0.1) is 0 Å². The van der Waals surface area contributed by atoms with Gasteiger partial charge in [0.15, 0.2) is 0 Å². The summed E-state index contributed by atoms with van der Waals surface area (Å²) in [6, 6.07) is 7.42. The number of methoxy groups -OCH3 is 1. The Labute approximate surface area is 144 Å². The van der Waals surface area contributed by atoms with Crippen LogP contribution in [0.4, 0.5) is 0 Å². The Kier molecular flexibility index (Phi) is 4.61. The lowest BCUT2D eigenvalue weighted by molar-refractivity contribution is 0.0743. The number of benzene rings is 1. The molecule has 3 rings (SSSR count). The molecule has 124 valence electrons. The molecule has 0 aliphatic carbocycles. The van der Waals surface area contributed by atoms with E-state index in [1.165, 1.54) is 11.3 Å². The van der Waals surface area contributed by atoms with Gasteiger partial charge in [0.25, 0.3) is 5.91 Å². The summed E-state index contributed by atoms with van der Waals surface area (Å²) >= 11 is 1.53. The second-order valence-electron chi connectivity index (χ2n) is 5.35. The third-order valence-corrected chi connectivity index (χ3v) is 4.88. The Balaban J connectivity index is 1.90. The number of carbonyl (C=O) groups excluding carboxylic acids is 1. The number of nitrogens with one attached hydrogen (secondary N) is 1. The number of aromatic amines is 1. The summed E-state index contributed by atoms with van der Waals surface area (Å²) in [7, 11) is 3.39. The van der Waals surface area contributed by atoms with Crippen molar-refractivity contribution in [3.63, 3.8) is 0 Å². The van der Waals surface area contributed by atoms with Gasteiger partial charge in [-0.2, -0.15) is 5.10 Å². The third-order valence-electron chi connectivity index (χ3n) is 3.94. The SMILES string of the molecule is COc1cccc(-c2[nH]ncc2C(=O)N(C)[C@@H](C)c2nccs2)c1. The molecule has 2 heterocycles. The molecule has 0 saturated heterocycles. The quantitative estimate of drug-likeness (QED) is 0.772. The van der Waals surface area contributed by atoms with Crippen molar-refractivity contribution in [2.24, 2.45) is 0 Å². The van der Waals surface area contributed by atoms with E-state index >= 15 is 0 Å². The van der Waals surface area contributed by atoms with E-state index in [0.29, 0.717) is 11.3 Å². The molecule has 0 saturated carbocycles. The molecule has 1 atom stereocenters. The lowest BCUT2D eigenvalue weighted by Gasteiger charge is -2.23. The first kappa shape index (κ1) is 16.2. The van der Waals surface area contributed by atoms with Crippen LogP contribution < -0.4 is 4.74 Å². The van der Waals surface area contributed by atoms with Gasteiger partial charge in [-0.05, 0) is 19.1 Å². The van der Waals surface area contributed by atoms with Gasteiger partial charge in [0.2, 0.25) is 0 Å². The molecule has 0 spiro atoms. The monoisotopic (exact) mass is 342 g/mol. The average molecular weight is 342 g/mol. The summed E-state index contributed by atoms with van der Waals surface area (Å²) in [5.74, 6) is 0.620. The van der Waals surface area contributed by atoms with Crippen molar-refractivity contribution in [2.75, 3.05) is 14.2 Å². The largest absolute Gasteiger partial charge is 0.497 e. The van der Waals surface area contributed by atoms with Crippen molar-refractivity contribution >= 4 is 17.2 Å². The molecule has 0 aliphatic rings. The zero-order chi connectivity index (χ0) is 17.1. The minimum atomic E-state index is -0.107. The standard InChI is InChI=1S/C17H18N4O2S/c1-11(16-18-7-8-24-16)21(2)17(22)14-10-19-20-15(14)12-5-4-6-13(9-12)23-3/h4-11H,1-3H3,(H,19,20)/t11-/m0/s1. The van der Waals surface area contributed by atoms with Crippen LogP contribution in [0.15, 0.2) is 42.0 Å². The van der Waals surface area contributed by atoms with E-state index in [0.717, 1.165) is 16.3 Å². The van der Waals surface area contributed by atoms with E-state index in [2.05, 4.69) is 15.2 Å². The summed E-state index contributed by atoms with van der Waals surface area (Å²) in [6.45, 7) is 1.96. The van der Waals surface area contributed by atoms with E-state index in [1.807, 2.05) is 36.6 Å². The summed E-state index contributed by atoms with van der Waals surface area (Å²) in [5, 5.41) is 9.78. The fraction of sp³-hybridized carbons (Fsp3) is 0.235. The van der Waals surface area contributed by atoms with Gasteiger partial charge in [0.1, 0.15) is 10.8 Å². The van der Waals surface area contributed by atoms with Crippen LogP contribution in [0.25, 0.3) is 11.3 Å². The fourth-order valence-electron chi connectivity index (χ4n) is 2.42. The molecule has 2 aromatic heterocycles. The minimum absolute atomic E-state index is 0.106. The molecule has 1 N–H and O–H groups in total. The molecule has 3 aromatic rings. The number of carbonyl (C=O) groups is 1. The molecular formula is C17H18N4O2S. The van der Waals surface area contributed by atoms with Gasteiger partial charge in [-0.1, -0.05) is 12.1 Å². The number of H-pyrrole nitrogens is 1. The molecule has 7 heteroatoms. The third kappa shape index (κ3) is 3.03. The van der Waals surface area contributed by atoms with Crippen LogP contribution in [-0.2, 0) is 0 Å². The Morgan fingerprint density at radius 2 is 2.25 bits per heavy atom. The predicted molar refractivity (Wildman–Crippen MR) is 93.2 cm³/mol. The number of hydrogen-bond acceptors (Lipinski definition) is 5. The second kappa shape index (κ2) is 6.84. The molecule has 24 heavy (non-hydrogen) atoms. The van der Waals surface area contributed by atoms with E-state index in [1.54, 1.807) is 31.5 Å². The molecular weight excluding hydrogens is 324 g/mol.